The van der Waals surface area contributed by atoms with Crippen molar-refractivity contribution >= 4 is 18.4 Å². The molecule has 1 aliphatic heterocycles. The number of piperidine rings is 1. The van der Waals surface area contributed by atoms with E-state index in [0.29, 0.717) is 5.92 Å². The summed E-state index contributed by atoms with van der Waals surface area (Å²) in [5.74, 6) is 0.654. The Hall–Kier alpha value is -2.03. The molecule has 0 saturated carbocycles. The van der Waals surface area contributed by atoms with Crippen LogP contribution in [0.25, 0.3) is 0 Å². The fourth-order valence-electron chi connectivity index (χ4n) is 2.72. The number of rotatable bonds is 3. The minimum atomic E-state index is -1.06. The maximum Gasteiger partial charge on any atom is 0.519 e. The van der Waals surface area contributed by atoms with E-state index in [-0.39, 0.29) is 12.7 Å². The predicted octanol–water partition coefficient (Wildman–Crippen LogP) is 5.28. The molecular weight excluding hydrogens is 418 g/mol. The van der Waals surface area contributed by atoms with Crippen LogP contribution in [-0.2, 0) is 18.9 Å². The van der Waals surface area contributed by atoms with Gasteiger partial charge in [0.05, 0.1) is 0 Å². The Morgan fingerprint density at radius 2 is 1.19 bits per heavy atom. The second-order valence-electron chi connectivity index (χ2n) is 10.8. The molecule has 0 bridgehead atoms. The smallest absolute Gasteiger partial charge is 0.444 e. The predicted molar refractivity (Wildman–Crippen MR) is 120 cm³/mol. The highest BCUT2D eigenvalue weighted by atomic mass is 16.8. The average molecular weight is 462 g/mol. The lowest BCUT2D eigenvalue weighted by atomic mass is 9.92. The van der Waals surface area contributed by atoms with Gasteiger partial charge < -0.3 is 29.0 Å². The minimum absolute atomic E-state index is 0.196. The Balaban J connectivity index is 0.000000607. The van der Waals surface area contributed by atoms with E-state index in [9.17, 15) is 14.4 Å². The summed E-state index contributed by atoms with van der Waals surface area (Å²) in [5, 5.41) is 8.78. The van der Waals surface area contributed by atoms with Gasteiger partial charge in [-0.25, -0.2) is 14.4 Å². The van der Waals surface area contributed by atoms with Gasteiger partial charge in [0.25, 0.3) is 0 Å². The molecule has 32 heavy (non-hydrogen) atoms. The van der Waals surface area contributed by atoms with E-state index in [1.807, 2.05) is 20.8 Å². The number of carbonyl (C=O) groups is 3. The third-order valence-electron chi connectivity index (χ3n) is 3.98. The lowest BCUT2D eigenvalue weighted by Crippen LogP contribution is -2.41. The highest BCUT2D eigenvalue weighted by molar-refractivity contribution is 5.77. The van der Waals surface area contributed by atoms with Crippen LogP contribution in [0.2, 0.25) is 0 Å². The summed E-state index contributed by atoms with van der Waals surface area (Å²) >= 11 is 0. The zero-order valence-electron chi connectivity index (χ0n) is 21.3. The van der Waals surface area contributed by atoms with Gasteiger partial charge in [0.15, 0.2) is 0 Å². The number of hydrogen-bond acceptors (Lipinski definition) is 8. The van der Waals surface area contributed by atoms with E-state index in [4.69, 9.17) is 19.3 Å². The number of ether oxygens (including phenoxy) is 4. The van der Waals surface area contributed by atoms with Gasteiger partial charge in [-0.2, -0.15) is 0 Å². The third kappa shape index (κ3) is 16.6. The maximum atomic E-state index is 11.8. The maximum absolute atomic E-state index is 11.8. The van der Waals surface area contributed by atoms with Crippen LogP contribution in [0.15, 0.2) is 0 Å². The molecule has 1 heterocycles. The molecule has 0 unspecified atom stereocenters. The third-order valence-corrected chi connectivity index (χ3v) is 3.98. The van der Waals surface area contributed by atoms with Gasteiger partial charge in [-0.15, -0.1) is 0 Å². The lowest BCUT2D eigenvalue weighted by Gasteiger charge is -2.33. The first-order chi connectivity index (χ1) is 14.4. The lowest BCUT2D eigenvalue weighted by molar-refractivity contribution is -0.0294. The SMILES string of the molecule is CC(C)(C)OC(=O)N1CCC(CCCO)CC1.CC(C)(C)OC(=O)OC(=O)OC(C)(C)C. The number of nitrogens with zero attached hydrogens (tertiary/aromatic N) is 1. The summed E-state index contributed by atoms with van der Waals surface area (Å²) < 4.78 is 19.1. The summed E-state index contributed by atoms with van der Waals surface area (Å²) in [5.41, 5.74) is -1.80. The van der Waals surface area contributed by atoms with Crippen molar-refractivity contribution in [1.29, 1.82) is 0 Å². The van der Waals surface area contributed by atoms with Gasteiger partial charge in [-0.05, 0) is 93.9 Å². The molecule has 1 N–H and O–H groups in total. The monoisotopic (exact) mass is 461 g/mol. The van der Waals surface area contributed by atoms with Crippen molar-refractivity contribution < 1.29 is 38.4 Å². The van der Waals surface area contributed by atoms with Gasteiger partial charge in [0.2, 0.25) is 0 Å². The van der Waals surface area contributed by atoms with Crippen LogP contribution in [0.5, 0.6) is 0 Å². The van der Waals surface area contributed by atoms with Crippen molar-refractivity contribution in [2.45, 2.75) is 105 Å². The van der Waals surface area contributed by atoms with E-state index >= 15 is 0 Å². The van der Waals surface area contributed by atoms with Gasteiger partial charge >= 0.3 is 18.4 Å². The zero-order chi connectivity index (χ0) is 25.2. The molecule has 1 amide bonds. The molecule has 1 aliphatic rings. The van der Waals surface area contributed by atoms with Crippen molar-refractivity contribution in [3.05, 3.63) is 0 Å². The number of likely N-dealkylation sites (tertiary alicyclic amines) is 1. The minimum Gasteiger partial charge on any atom is -0.444 e. The molecule has 0 aromatic rings. The molecule has 0 aromatic heterocycles. The molecule has 1 saturated heterocycles. The highest BCUT2D eigenvalue weighted by Gasteiger charge is 2.26. The van der Waals surface area contributed by atoms with Crippen LogP contribution in [0.3, 0.4) is 0 Å². The van der Waals surface area contributed by atoms with E-state index in [0.717, 1.165) is 38.8 Å². The number of hydrogen-bond donors (Lipinski definition) is 1. The van der Waals surface area contributed by atoms with Crippen molar-refractivity contribution in [3.63, 3.8) is 0 Å². The Bertz CT molecular complexity index is 565. The van der Waals surface area contributed by atoms with Crippen LogP contribution in [0.1, 0.15) is 88.0 Å². The molecule has 0 radical (unpaired) electrons. The van der Waals surface area contributed by atoms with Crippen molar-refractivity contribution in [2.75, 3.05) is 19.7 Å². The number of aliphatic hydroxyl groups excluding tert-OH is 1. The van der Waals surface area contributed by atoms with Gasteiger partial charge in [-0.1, -0.05) is 0 Å². The van der Waals surface area contributed by atoms with Crippen LogP contribution in [0, 0.1) is 5.92 Å². The Kier molecular flexibility index (Phi) is 12.1. The molecular formula is C23H43NO8. The van der Waals surface area contributed by atoms with Gasteiger partial charge in [0, 0.05) is 19.7 Å². The van der Waals surface area contributed by atoms with Crippen LogP contribution in [0.4, 0.5) is 14.4 Å². The van der Waals surface area contributed by atoms with E-state index < -0.39 is 29.1 Å². The summed E-state index contributed by atoms with van der Waals surface area (Å²) in [6, 6.07) is 0. The first-order valence-electron chi connectivity index (χ1n) is 11.1. The fraction of sp³-hybridized carbons (Fsp3) is 0.870. The Morgan fingerprint density at radius 1 is 0.781 bits per heavy atom. The molecule has 0 aliphatic carbocycles. The number of carbonyl (C=O) groups excluding carboxylic acids is 3. The Morgan fingerprint density at radius 3 is 1.53 bits per heavy atom. The molecule has 9 heteroatoms. The van der Waals surface area contributed by atoms with Gasteiger partial charge in [0.1, 0.15) is 16.8 Å². The topological polar surface area (TPSA) is 112 Å². The van der Waals surface area contributed by atoms with Crippen molar-refractivity contribution in [2.24, 2.45) is 5.92 Å². The molecule has 0 spiro atoms. The quantitative estimate of drug-likeness (QED) is 0.343. The van der Waals surface area contributed by atoms with Crippen molar-refractivity contribution in [1.82, 2.24) is 4.90 Å². The summed E-state index contributed by atoms with van der Waals surface area (Å²) in [6.45, 7) is 17.5. The number of aliphatic hydroxyl groups is 1. The van der Waals surface area contributed by atoms with E-state index in [1.54, 1.807) is 46.4 Å². The normalized spacial score (nSPS) is 15.2. The molecule has 9 nitrogen and oxygen atoms in total. The van der Waals surface area contributed by atoms with Gasteiger partial charge in [-0.3, -0.25) is 0 Å². The second-order valence-corrected chi connectivity index (χ2v) is 10.8. The Labute approximate surface area is 192 Å². The average Bonchev–Trinajstić information content (AvgIpc) is 2.55. The molecule has 0 atom stereocenters. The summed E-state index contributed by atoms with van der Waals surface area (Å²) in [6.07, 6.45) is 1.68. The molecule has 1 rings (SSSR count). The zero-order valence-corrected chi connectivity index (χ0v) is 21.3. The second kappa shape index (κ2) is 12.9. The fourth-order valence-corrected chi connectivity index (χ4v) is 2.72. The molecule has 1 fully saturated rings. The van der Waals surface area contributed by atoms with Crippen LogP contribution < -0.4 is 0 Å². The van der Waals surface area contributed by atoms with E-state index in [1.165, 1.54) is 0 Å². The standard InChI is InChI=1S/C13H25NO3.C10H18O5/c1-13(2,3)17-12(16)14-8-6-11(7-9-14)5-4-10-15;1-9(2,3)14-7(11)13-8(12)15-10(4,5)6/h11,15H,4-10H2,1-3H3;1-6H3. The van der Waals surface area contributed by atoms with Crippen molar-refractivity contribution in [3.8, 4) is 0 Å². The molecule has 188 valence electrons. The largest absolute Gasteiger partial charge is 0.519 e. The summed E-state index contributed by atoms with van der Waals surface area (Å²) in [4.78, 5) is 35.6. The first kappa shape index (κ1) is 30.0. The molecule has 0 aromatic carbocycles. The summed E-state index contributed by atoms with van der Waals surface area (Å²) in [7, 11) is 0. The van der Waals surface area contributed by atoms with Crippen LogP contribution in [-0.4, -0.2) is 64.9 Å². The number of amides is 1. The van der Waals surface area contributed by atoms with Crippen LogP contribution >= 0.6 is 0 Å². The van der Waals surface area contributed by atoms with E-state index in [2.05, 4.69) is 4.74 Å². The first-order valence-corrected chi connectivity index (χ1v) is 11.1. The highest BCUT2D eigenvalue weighted by Crippen LogP contribution is 2.23.